The second-order valence-corrected chi connectivity index (χ2v) is 7.80. The predicted octanol–water partition coefficient (Wildman–Crippen LogP) is 4.29. The lowest BCUT2D eigenvalue weighted by Crippen LogP contribution is -2.13. The summed E-state index contributed by atoms with van der Waals surface area (Å²) in [5.74, 6) is 0.130. The lowest BCUT2D eigenvalue weighted by atomic mass is 10.2. The van der Waals surface area contributed by atoms with Crippen molar-refractivity contribution in [1.29, 1.82) is 0 Å². The van der Waals surface area contributed by atoms with E-state index in [0.717, 1.165) is 31.5 Å². The molecule has 25 heavy (non-hydrogen) atoms. The summed E-state index contributed by atoms with van der Waals surface area (Å²) in [6.45, 7) is 3.48. The zero-order valence-corrected chi connectivity index (χ0v) is 15.5. The number of thioether (sulfide) groups is 1. The molecule has 1 heterocycles. The van der Waals surface area contributed by atoms with E-state index in [1.165, 1.54) is 30.0 Å². The van der Waals surface area contributed by atoms with E-state index in [-0.39, 0.29) is 11.8 Å². The van der Waals surface area contributed by atoms with Gasteiger partial charge in [-0.1, -0.05) is 29.5 Å². The Balaban J connectivity index is 1.61. The summed E-state index contributed by atoms with van der Waals surface area (Å²) in [4.78, 5) is 27.7. The molecule has 0 saturated carbocycles. The first-order valence-electron chi connectivity index (χ1n) is 7.67. The number of hydrogen-bond donors (Lipinski definition) is 2. The second kappa shape index (κ2) is 7.67. The van der Waals surface area contributed by atoms with E-state index in [1.54, 1.807) is 0 Å². The highest BCUT2D eigenvalue weighted by Gasteiger charge is 2.09. The van der Waals surface area contributed by atoms with E-state index in [9.17, 15) is 9.59 Å². The minimum atomic E-state index is -0.105. The van der Waals surface area contributed by atoms with Gasteiger partial charge in [0.15, 0.2) is 4.34 Å². The highest BCUT2D eigenvalue weighted by Crippen LogP contribution is 2.31. The molecule has 7 heteroatoms. The van der Waals surface area contributed by atoms with Gasteiger partial charge in [-0.15, -0.1) is 11.3 Å². The van der Waals surface area contributed by atoms with Crippen molar-refractivity contribution in [2.24, 2.45) is 0 Å². The van der Waals surface area contributed by atoms with Crippen LogP contribution in [0.2, 0.25) is 0 Å². The molecule has 0 atom stereocenters. The number of amides is 2. The molecule has 2 N–H and O–H groups in total. The fourth-order valence-electron chi connectivity index (χ4n) is 2.21. The molecular weight excluding hydrogens is 354 g/mol. The molecular formula is C18H17N3O2S2. The number of carbonyl (C=O) groups is 2. The Kier molecular flexibility index (Phi) is 5.35. The van der Waals surface area contributed by atoms with Crippen molar-refractivity contribution in [2.45, 2.75) is 18.2 Å². The summed E-state index contributed by atoms with van der Waals surface area (Å²) in [6.07, 6.45) is 0. The van der Waals surface area contributed by atoms with E-state index >= 15 is 0 Å². The Hall–Kier alpha value is -2.38. The average molecular weight is 371 g/mol. The molecule has 0 fully saturated rings. The second-order valence-electron chi connectivity index (χ2n) is 5.55. The third-order valence-corrected chi connectivity index (χ3v) is 5.51. The van der Waals surface area contributed by atoms with Crippen molar-refractivity contribution in [3.8, 4) is 0 Å². The van der Waals surface area contributed by atoms with Crippen molar-refractivity contribution in [3.05, 3.63) is 48.0 Å². The van der Waals surface area contributed by atoms with Crippen LogP contribution in [-0.4, -0.2) is 22.6 Å². The summed E-state index contributed by atoms with van der Waals surface area (Å²) in [6, 6.07) is 13.3. The summed E-state index contributed by atoms with van der Waals surface area (Å²) in [5, 5.41) is 5.63. The van der Waals surface area contributed by atoms with Gasteiger partial charge in [0.2, 0.25) is 11.8 Å². The SMILES string of the molecule is CC(=O)Nc1ccc2nc(SCC(=O)Nc3ccc(C)cc3)sc2c1. The Morgan fingerprint density at radius 3 is 2.52 bits per heavy atom. The molecule has 0 unspecified atom stereocenters. The number of fused-ring (bicyclic) bond motifs is 1. The number of aryl methyl sites for hydroxylation is 1. The minimum Gasteiger partial charge on any atom is -0.326 e. The highest BCUT2D eigenvalue weighted by molar-refractivity contribution is 8.01. The number of nitrogens with one attached hydrogen (secondary N) is 2. The molecule has 0 aliphatic heterocycles. The standard InChI is InChI=1S/C18H17N3O2S2/c1-11-3-5-13(6-4-11)20-17(23)10-24-18-21-15-8-7-14(19-12(2)22)9-16(15)25-18/h3-9H,10H2,1-2H3,(H,19,22)(H,20,23). The molecule has 128 valence electrons. The van der Waals surface area contributed by atoms with Crippen LogP contribution in [-0.2, 0) is 9.59 Å². The lowest BCUT2D eigenvalue weighted by molar-refractivity contribution is -0.114. The monoisotopic (exact) mass is 371 g/mol. The van der Waals surface area contributed by atoms with Crippen LogP contribution in [0.5, 0.6) is 0 Å². The number of thiazole rings is 1. The van der Waals surface area contributed by atoms with Crippen LogP contribution in [0.3, 0.4) is 0 Å². The van der Waals surface area contributed by atoms with Gasteiger partial charge in [-0.2, -0.15) is 0 Å². The van der Waals surface area contributed by atoms with Crippen LogP contribution in [0.1, 0.15) is 12.5 Å². The quantitative estimate of drug-likeness (QED) is 0.656. The van der Waals surface area contributed by atoms with Gasteiger partial charge in [-0.25, -0.2) is 4.98 Å². The number of benzene rings is 2. The maximum absolute atomic E-state index is 12.1. The Labute approximate surface area is 153 Å². The molecule has 0 spiro atoms. The van der Waals surface area contributed by atoms with Gasteiger partial charge >= 0.3 is 0 Å². The van der Waals surface area contributed by atoms with Gasteiger partial charge in [-0.05, 0) is 37.3 Å². The molecule has 5 nitrogen and oxygen atoms in total. The molecule has 3 rings (SSSR count). The number of hydrogen-bond acceptors (Lipinski definition) is 5. The zero-order chi connectivity index (χ0) is 17.8. The fourth-order valence-corrected chi connectivity index (χ4v) is 4.12. The predicted molar refractivity (Wildman–Crippen MR) is 104 cm³/mol. The molecule has 0 bridgehead atoms. The smallest absolute Gasteiger partial charge is 0.234 e. The van der Waals surface area contributed by atoms with E-state index in [0.29, 0.717) is 5.75 Å². The molecule has 0 radical (unpaired) electrons. The van der Waals surface area contributed by atoms with E-state index in [4.69, 9.17) is 0 Å². The first kappa shape index (κ1) is 17.4. The number of rotatable bonds is 5. The average Bonchev–Trinajstić information content (AvgIpc) is 2.97. The van der Waals surface area contributed by atoms with Gasteiger partial charge in [0.1, 0.15) is 0 Å². The summed E-state index contributed by atoms with van der Waals surface area (Å²) < 4.78 is 1.81. The van der Waals surface area contributed by atoms with E-state index in [2.05, 4.69) is 15.6 Å². The van der Waals surface area contributed by atoms with Gasteiger partial charge in [0.05, 0.1) is 16.0 Å². The highest BCUT2D eigenvalue weighted by atomic mass is 32.2. The normalized spacial score (nSPS) is 10.6. The molecule has 2 amide bonds. The Morgan fingerprint density at radius 1 is 1.08 bits per heavy atom. The summed E-state index contributed by atoms with van der Waals surface area (Å²) in [5.41, 5.74) is 3.55. The van der Waals surface area contributed by atoms with Crippen LogP contribution in [0, 0.1) is 6.92 Å². The first-order chi connectivity index (χ1) is 12.0. The van der Waals surface area contributed by atoms with Gasteiger partial charge in [0.25, 0.3) is 0 Å². The van der Waals surface area contributed by atoms with Crippen LogP contribution in [0.15, 0.2) is 46.8 Å². The summed E-state index contributed by atoms with van der Waals surface area (Å²) in [7, 11) is 0. The van der Waals surface area contributed by atoms with Gasteiger partial charge in [-0.3, -0.25) is 9.59 Å². The van der Waals surface area contributed by atoms with Crippen LogP contribution in [0.4, 0.5) is 11.4 Å². The minimum absolute atomic E-state index is 0.0629. The number of nitrogens with zero attached hydrogens (tertiary/aromatic N) is 1. The number of anilines is 2. The lowest BCUT2D eigenvalue weighted by Gasteiger charge is -2.04. The summed E-state index contributed by atoms with van der Waals surface area (Å²) >= 11 is 2.91. The van der Waals surface area contributed by atoms with Gasteiger partial charge < -0.3 is 10.6 Å². The van der Waals surface area contributed by atoms with E-state index in [1.807, 2.05) is 49.4 Å². The van der Waals surface area contributed by atoms with E-state index < -0.39 is 0 Å². The number of carbonyl (C=O) groups excluding carboxylic acids is 2. The molecule has 1 aromatic heterocycles. The number of aromatic nitrogens is 1. The van der Waals surface area contributed by atoms with Gasteiger partial charge in [0, 0.05) is 18.3 Å². The maximum Gasteiger partial charge on any atom is 0.234 e. The van der Waals surface area contributed by atoms with Crippen LogP contribution in [0.25, 0.3) is 10.2 Å². The molecule has 0 aliphatic rings. The largest absolute Gasteiger partial charge is 0.326 e. The first-order valence-corrected chi connectivity index (χ1v) is 9.47. The fraction of sp³-hybridized carbons (Fsp3) is 0.167. The van der Waals surface area contributed by atoms with Crippen LogP contribution >= 0.6 is 23.1 Å². The van der Waals surface area contributed by atoms with Crippen molar-refractivity contribution in [3.63, 3.8) is 0 Å². The van der Waals surface area contributed by atoms with Crippen molar-refractivity contribution >= 4 is 56.5 Å². The molecule has 0 aliphatic carbocycles. The third-order valence-electron chi connectivity index (χ3n) is 3.35. The van der Waals surface area contributed by atoms with Crippen molar-refractivity contribution in [1.82, 2.24) is 4.98 Å². The Morgan fingerprint density at radius 2 is 1.80 bits per heavy atom. The van der Waals surface area contributed by atoms with Crippen LogP contribution < -0.4 is 10.6 Å². The molecule has 0 saturated heterocycles. The van der Waals surface area contributed by atoms with Crippen molar-refractivity contribution < 1.29 is 9.59 Å². The maximum atomic E-state index is 12.1. The molecule has 2 aromatic carbocycles. The van der Waals surface area contributed by atoms with Crippen molar-refractivity contribution in [2.75, 3.05) is 16.4 Å². The zero-order valence-electron chi connectivity index (χ0n) is 13.8. The topological polar surface area (TPSA) is 71.1 Å². The third kappa shape index (κ3) is 4.80. The Bertz CT molecular complexity index is 920. The molecule has 3 aromatic rings.